The van der Waals surface area contributed by atoms with Crippen LogP contribution >= 0.6 is 0 Å². The van der Waals surface area contributed by atoms with E-state index in [4.69, 9.17) is 4.98 Å². The minimum atomic E-state index is 0.405. The van der Waals surface area contributed by atoms with E-state index >= 15 is 0 Å². The predicted octanol–water partition coefficient (Wildman–Crippen LogP) is 9.18. The van der Waals surface area contributed by atoms with Crippen molar-refractivity contribution in [3.8, 4) is 0 Å². The van der Waals surface area contributed by atoms with Crippen LogP contribution in [-0.2, 0) is 0 Å². The van der Waals surface area contributed by atoms with Crippen LogP contribution in [0.2, 0.25) is 0 Å². The highest BCUT2D eigenvalue weighted by Gasteiger charge is 2.37. The van der Waals surface area contributed by atoms with Crippen LogP contribution in [0.25, 0.3) is 48.8 Å². The first-order valence-electron chi connectivity index (χ1n) is 13.4. The van der Waals surface area contributed by atoms with Crippen LogP contribution in [0.4, 0.5) is 0 Å². The molecule has 4 aromatic carbocycles. The summed E-state index contributed by atoms with van der Waals surface area (Å²) in [5.41, 5.74) is 9.32. The third-order valence-electron chi connectivity index (χ3n) is 8.83. The summed E-state index contributed by atoms with van der Waals surface area (Å²) in [5.74, 6) is 0.840. The van der Waals surface area contributed by atoms with Gasteiger partial charge in [0.1, 0.15) is 0 Å². The van der Waals surface area contributed by atoms with Crippen LogP contribution in [0.3, 0.4) is 0 Å². The topological polar surface area (TPSA) is 12.9 Å². The van der Waals surface area contributed by atoms with Gasteiger partial charge in [-0.05, 0) is 72.5 Å². The molecule has 0 aliphatic heterocycles. The zero-order valence-electron chi connectivity index (χ0n) is 20.7. The highest BCUT2D eigenvalue weighted by Crippen LogP contribution is 2.51. The Bertz CT molecular complexity index is 2120. The van der Waals surface area contributed by atoms with E-state index in [1.165, 1.54) is 71.1 Å². The molecule has 38 heavy (non-hydrogen) atoms. The number of hydrogen-bond acceptors (Lipinski definition) is 1. The molecule has 2 unspecified atom stereocenters. The number of allylic oxidation sites excluding steroid dienone is 14. The lowest BCUT2D eigenvalue weighted by Gasteiger charge is -2.40. The van der Waals surface area contributed by atoms with Crippen molar-refractivity contribution in [2.75, 3.05) is 0 Å². The highest BCUT2D eigenvalue weighted by molar-refractivity contribution is 6.31. The molecule has 4 aliphatic rings. The molecule has 1 nitrogen and oxygen atoms in total. The molecule has 0 saturated heterocycles. The molecule has 0 saturated carbocycles. The summed E-state index contributed by atoms with van der Waals surface area (Å²) in [6, 6.07) is 24.3. The van der Waals surface area contributed by atoms with Gasteiger partial charge in [0, 0.05) is 28.8 Å². The summed E-state index contributed by atoms with van der Waals surface area (Å²) in [6.07, 6.45) is 22.8. The van der Waals surface area contributed by atoms with Gasteiger partial charge in [-0.15, -0.1) is 0 Å². The fourth-order valence-corrected chi connectivity index (χ4v) is 7.24. The zero-order valence-corrected chi connectivity index (χ0v) is 20.7. The highest BCUT2D eigenvalue weighted by atomic mass is 14.6. The van der Waals surface area contributed by atoms with Gasteiger partial charge in [-0.3, -0.25) is 4.98 Å². The molecule has 176 valence electrons. The fourth-order valence-electron chi connectivity index (χ4n) is 7.24. The minimum Gasteiger partial charge on any atom is -0.256 e. The van der Waals surface area contributed by atoms with Gasteiger partial charge >= 0.3 is 0 Å². The molecule has 1 heteroatoms. The Morgan fingerprint density at radius 1 is 0.526 bits per heavy atom. The Hall–Kier alpha value is -4.75. The van der Waals surface area contributed by atoms with Crippen molar-refractivity contribution in [3.63, 3.8) is 0 Å². The summed E-state index contributed by atoms with van der Waals surface area (Å²) in [6.45, 7) is 0. The fraction of sp³-hybridized carbons (Fsp3) is 0.0541. The van der Waals surface area contributed by atoms with E-state index < -0.39 is 0 Å². The molecule has 0 bridgehead atoms. The van der Waals surface area contributed by atoms with Gasteiger partial charge in [0.05, 0.1) is 5.52 Å². The third-order valence-corrected chi connectivity index (χ3v) is 8.83. The molecule has 1 heterocycles. The van der Waals surface area contributed by atoms with E-state index in [0.717, 1.165) is 5.52 Å². The van der Waals surface area contributed by atoms with Crippen molar-refractivity contribution < 1.29 is 0 Å². The number of rotatable bonds is 1. The number of aromatic nitrogens is 1. The lowest BCUT2D eigenvalue weighted by molar-refractivity contribution is 0.565. The second kappa shape index (κ2) is 7.40. The maximum Gasteiger partial charge on any atom is 0.0786 e. The smallest absolute Gasteiger partial charge is 0.0786 e. The van der Waals surface area contributed by atoms with E-state index in [2.05, 4.69) is 121 Å². The van der Waals surface area contributed by atoms with E-state index in [0.29, 0.717) is 11.8 Å². The molecule has 5 aromatic rings. The van der Waals surface area contributed by atoms with Crippen molar-refractivity contribution in [3.05, 3.63) is 155 Å². The van der Waals surface area contributed by atoms with Crippen LogP contribution in [-0.4, -0.2) is 4.98 Å². The first kappa shape index (κ1) is 20.3. The van der Waals surface area contributed by atoms with Gasteiger partial charge in [0.25, 0.3) is 0 Å². The summed E-state index contributed by atoms with van der Waals surface area (Å²) in [5, 5.41) is 8.83. The molecular formula is C37H23N. The van der Waals surface area contributed by atoms with Crippen molar-refractivity contribution in [2.24, 2.45) is 11.8 Å². The molecule has 2 atom stereocenters. The van der Waals surface area contributed by atoms with Gasteiger partial charge in [-0.1, -0.05) is 109 Å². The largest absolute Gasteiger partial charge is 0.256 e. The Morgan fingerprint density at radius 3 is 2.16 bits per heavy atom. The maximum atomic E-state index is 4.83. The van der Waals surface area contributed by atoms with Crippen molar-refractivity contribution in [2.45, 2.75) is 0 Å². The van der Waals surface area contributed by atoms with Gasteiger partial charge in [0.2, 0.25) is 0 Å². The van der Waals surface area contributed by atoms with Crippen LogP contribution < -0.4 is 0 Å². The number of fused-ring (bicyclic) bond motifs is 8. The van der Waals surface area contributed by atoms with Crippen molar-refractivity contribution in [1.29, 1.82) is 0 Å². The molecule has 1 aromatic heterocycles. The second-order valence-electron chi connectivity index (χ2n) is 10.7. The van der Waals surface area contributed by atoms with E-state index in [9.17, 15) is 0 Å². The number of benzene rings is 4. The van der Waals surface area contributed by atoms with Crippen LogP contribution in [0, 0.1) is 11.8 Å². The van der Waals surface area contributed by atoms with Crippen LogP contribution in [0.1, 0.15) is 5.56 Å². The molecule has 0 N–H and O–H groups in total. The molecular weight excluding hydrogens is 458 g/mol. The lowest BCUT2D eigenvalue weighted by atomic mass is 9.63. The Labute approximate surface area is 220 Å². The van der Waals surface area contributed by atoms with Crippen molar-refractivity contribution >= 4 is 48.8 Å². The van der Waals surface area contributed by atoms with Gasteiger partial charge in [-0.2, -0.15) is 0 Å². The molecule has 0 fully saturated rings. The van der Waals surface area contributed by atoms with E-state index in [-0.39, 0.29) is 0 Å². The first-order chi connectivity index (χ1) is 18.8. The van der Waals surface area contributed by atoms with Gasteiger partial charge in [0.15, 0.2) is 0 Å². The summed E-state index contributed by atoms with van der Waals surface area (Å²) < 4.78 is 0. The zero-order chi connectivity index (χ0) is 24.8. The molecule has 0 amide bonds. The standard InChI is InChI=1S/C37H23N/c1-3-11-29-27(9-1)32(21-33-28-10-2-4-12-30(28)37-31(36(29)33)13-6-18-38-37)26-19-24-16-14-22-7-5-8-23-15-17-25(20-26)35(24)34(22)23/h1-21,34-35H. The SMILES string of the molecule is C1=CC2=CC=C3C=C(c4cc5c6ccccc6c6ncccc6c5c5ccccc45)C=C4C=CC(=C1)C2C34. The Kier molecular flexibility index (Phi) is 3.96. The van der Waals surface area contributed by atoms with Crippen LogP contribution in [0.15, 0.2) is 150 Å². The van der Waals surface area contributed by atoms with Gasteiger partial charge < -0.3 is 0 Å². The normalized spacial score (nSPS) is 21.2. The molecule has 9 rings (SSSR count). The molecule has 0 spiro atoms. The summed E-state index contributed by atoms with van der Waals surface area (Å²) in [4.78, 5) is 4.83. The predicted molar refractivity (Wildman–Crippen MR) is 160 cm³/mol. The van der Waals surface area contributed by atoms with Crippen LogP contribution in [0.5, 0.6) is 0 Å². The quantitative estimate of drug-likeness (QED) is 0.218. The molecule has 4 aliphatic carbocycles. The molecule has 0 radical (unpaired) electrons. The van der Waals surface area contributed by atoms with E-state index in [1.807, 2.05) is 6.20 Å². The Morgan fingerprint density at radius 2 is 1.24 bits per heavy atom. The number of pyridine rings is 1. The third kappa shape index (κ3) is 2.63. The lowest BCUT2D eigenvalue weighted by Crippen LogP contribution is -2.28. The average molecular weight is 482 g/mol. The summed E-state index contributed by atoms with van der Waals surface area (Å²) in [7, 11) is 0. The maximum absolute atomic E-state index is 4.83. The van der Waals surface area contributed by atoms with Crippen molar-refractivity contribution in [1.82, 2.24) is 4.98 Å². The number of hydrogen-bond donors (Lipinski definition) is 0. The average Bonchev–Trinajstić information content (AvgIpc) is 2.99. The first-order valence-corrected chi connectivity index (χ1v) is 13.4. The Balaban J connectivity index is 1.39. The minimum absolute atomic E-state index is 0.405. The summed E-state index contributed by atoms with van der Waals surface area (Å²) >= 11 is 0. The number of nitrogens with zero attached hydrogens (tertiary/aromatic N) is 1. The second-order valence-corrected chi connectivity index (χ2v) is 10.7. The monoisotopic (exact) mass is 481 g/mol. The van der Waals surface area contributed by atoms with E-state index in [1.54, 1.807) is 0 Å². The van der Waals surface area contributed by atoms with Gasteiger partial charge in [-0.25, -0.2) is 0 Å².